The SMILES string of the molecule is Cl.NN(CCC(=O)O)C(=O)OCc1ccccc1. The summed E-state index contributed by atoms with van der Waals surface area (Å²) in [5, 5.41) is 9.16. The second-order valence-corrected chi connectivity index (χ2v) is 3.38. The number of nitrogens with zero attached hydrogens (tertiary/aromatic N) is 1. The molecule has 0 saturated heterocycles. The molecule has 18 heavy (non-hydrogen) atoms. The second-order valence-electron chi connectivity index (χ2n) is 3.38. The molecule has 0 heterocycles. The molecule has 0 spiro atoms. The molecule has 0 aromatic heterocycles. The fourth-order valence-corrected chi connectivity index (χ4v) is 1.11. The zero-order valence-electron chi connectivity index (χ0n) is 9.61. The fourth-order valence-electron chi connectivity index (χ4n) is 1.11. The van der Waals surface area contributed by atoms with Crippen LogP contribution >= 0.6 is 12.4 Å². The number of amides is 1. The molecule has 3 N–H and O–H groups in total. The Morgan fingerprint density at radius 1 is 1.28 bits per heavy atom. The third-order valence-electron chi connectivity index (χ3n) is 2.01. The molecule has 0 aliphatic rings. The maximum absolute atomic E-state index is 11.3. The third-order valence-corrected chi connectivity index (χ3v) is 2.01. The van der Waals surface area contributed by atoms with Gasteiger partial charge in [-0.2, -0.15) is 0 Å². The largest absolute Gasteiger partial charge is 0.481 e. The lowest BCUT2D eigenvalue weighted by Crippen LogP contribution is -2.39. The quantitative estimate of drug-likeness (QED) is 0.481. The topological polar surface area (TPSA) is 92.9 Å². The number of hydrogen-bond acceptors (Lipinski definition) is 4. The summed E-state index contributed by atoms with van der Waals surface area (Å²) < 4.78 is 4.89. The van der Waals surface area contributed by atoms with E-state index in [4.69, 9.17) is 15.7 Å². The van der Waals surface area contributed by atoms with E-state index in [2.05, 4.69) is 0 Å². The van der Waals surface area contributed by atoms with Gasteiger partial charge in [0.25, 0.3) is 0 Å². The smallest absolute Gasteiger partial charge is 0.424 e. The molecule has 1 aromatic rings. The molecule has 0 fully saturated rings. The highest BCUT2D eigenvalue weighted by Gasteiger charge is 2.12. The predicted molar refractivity (Wildman–Crippen MR) is 67.0 cm³/mol. The van der Waals surface area contributed by atoms with Crippen molar-refractivity contribution in [3.63, 3.8) is 0 Å². The predicted octanol–water partition coefficient (Wildman–Crippen LogP) is 1.40. The summed E-state index contributed by atoms with van der Waals surface area (Å²) in [6.07, 6.45) is -0.952. The second kappa shape index (κ2) is 8.32. The standard InChI is InChI=1S/C11H14N2O4.ClH/c12-13(7-6-10(14)15)11(16)17-8-9-4-2-1-3-5-9;/h1-5H,6-8,12H2,(H,14,15);1H. The number of carbonyl (C=O) groups is 2. The molecule has 0 unspecified atom stereocenters. The minimum atomic E-state index is -1.02. The van der Waals surface area contributed by atoms with E-state index in [1.165, 1.54) is 0 Å². The molecule has 7 heteroatoms. The van der Waals surface area contributed by atoms with E-state index in [1.807, 2.05) is 30.3 Å². The normalized spacial score (nSPS) is 9.17. The first-order valence-electron chi connectivity index (χ1n) is 5.04. The van der Waals surface area contributed by atoms with Crippen molar-refractivity contribution in [2.24, 2.45) is 5.84 Å². The van der Waals surface area contributed by atoms with Gasteiger partial charge < -0.3 is 9.84 Å². The Bertz CT molecular complexity index is 386. The molecule has 6 nitrogen and oxygen atoms in total. The van der Waals surface area contributed by atoms with Crippen molar-refractivity contribution in [2.75, 3.05) is 6.54 Å². The minimum absolute atomic E-state index is 0. The van der Waals surface area contributed by atoms with E-state index >= 15 is 0 Å². The Morgan fingerprint density at radius 3 is 2.44 bits per heavy atom. The van der Waals surface area contributed by atoms with Crippen LogP contribution in [-0.4, -0.2) is 28.7 Å². The van der Waals surface area contributed by atoms with Crippen molar-refractivity contribution < 1.29 is 19.4 Å². The maximum atomic E-state index is 11.3. The van der Waals surface area contributed by atoms with Crippen molar-refractivity contribution in [3.8, 4) is 0 Å². The Balaban J connectivity index is 0.00000289. The Morgan fingerprint density at radius 2 is 1.89 bits per heavy atom. The van der Waals surface area contributed by atoms with Gasteiger partial charge in [0.2, 0.25) is 0 Å². The van der Waals surface area contributed by atoms with Gasteiger partial charge in [0.15, 0.2) is 0 Å². The lowest BCUT2D eigenvalue weighted by atomic mass is 10.2. The van der Waals surface area contributed by atoms with Crippen molar-refractivity contribution in [3.05, 3.63) is 35.9 Å². The van der Waals surface area contributed by atoms with Gasteiger partial charge in [0.05, 0.1) is 13.0 Å². The monoisotopic (exact) mass is 274 g/mol. The summed E-state index contributed by atoms with van der Waals surface area (Å²) in [6.45, 7) is 0.0312. The third kappa shape index (κ3) is 6.07. The molecule has 1 aromatic carbocycles. The van der Waals surface area contributed by atoms with Crippen LogP contribution in [0.1, 0.15) is 12.0 Å². The van der Waals surface area contributed by atoms with Crippen LogP contribution in [0, 0.1) is 0 Å². The highest BCUT2D eigenvalue weighted by Crippen LogP contribution is 2.01. The first-order chi connectivity index (χ1) is 8.09. The average Bonchev–Trinajstić information content (AvgIpc) is 2.34. The Hall–Kier alpha value is -1.79. The van der Waals surface area contributed by atoms with Crippen LogP contribution in [0.4, 0.5) is 4.79 Å². The van der Waals surface area contributed by atoms with E-state index in [1.54, 1.807) is 0 Å². The van der Waals surface area contributed by atoms with Crippen LogP contribution in [0.5, 0.6) is 0 Å². The number of carbonyl (C=O) groups excluding carboxylic acids is 1. The summed E-state index contributed by atoms with van der Waals surface area (Å²) in [4.78, 5) is 21.6. The molecule has 0 aliphatic carbocycles. The van der Waals surface area contributed by atoms with Crippen molar-refractivity contribution in [1.82, 2.24) is 5.01 Å². The van der Waals surface area contributed by atoms with Crippen LogP contribution in [0.25, 0.3) is 0 Å². The minimum Gasteiger partial charge on any atom is -0.481 e. The number of carboxylic acids is 1. The summed E-state index contributed by atoms with van der Waals surface area (Å²) in [7, 11) is 0. The maximum Gasteiger partial charge on any atom is 0.424 e. The van der Waals surface area contributed by atoms with Gasteiger partial charge >= 0.3 is 12.1 Å². The number of hydrogen-bond donors (Lipinski definition) is 2. The molecule has 1 amide bonds. The van der Waals surface area contributed by atoms with Gasteiger partial charge in [-0.05, 0) is 5.56 Å². The van der Waals surface area contributed by atoms with Gasteiger partial charge in [-0.25, -0.2) is 15.6 Å². The molecule has 0 radical (unpaired) electrons. The number of ether oxygens (including phenoxy) is 1. The summed E-state index contributed by atoms with van der Waals surface area (Å²) in [5.41, 5.74) is 0.840. The van der Waals surface area contributed by atoms with Gasteiger partial charge in [0.1, 0.15) is 6.61 Å². The molecule has 0 bridgehead atoms. The van der Waals surface area contributed by atoms with Crippen LogP contribution in [0.2, 0.25) is 0 Å². The molecule has 0 saturated carbocycles. The first kappa shape index (κ1) is 16.2. The fraction of sp³-hybridized carbons (Fsp3) is 0.273. The molecular weight excluding hydrogens is 260 g/mol. The average molecular weight is 275 g/mol. The molecular formula is C11H15ClN2O4. The lowest BCUT2D eigenvalue weighted by molar-refractivity contribution is -0.137. The number of rotatable bonds is 5. The van der Waals surface area contributed by atoms with Crippen LogP contribution in [0.15, 0.2) is 30.3 Å². The van der Waals surface area contributed by atoms with Crippen molar-refractivity contribution in [1.29, 1.82) is 0 Å². The van der Waals surface area contributed by atoms with E-state index in [0.717, 1.165) is 10.6 Å². The number of hydrazine groups is 1. The molecule has 0 aliphatic heterocycles. The van der Waals surface area contributed by atoms with Crippen LogP contribution in [-0.2, 0) is 16.1 Å². The number of halogens is 1. The van der Waals surface area contributed by atoms with Gasteiger partial charge in [0, 0.05) is 0 Å². The van der Waals surface area contributed by atoms with Crippen molar-refractivity contribution in [2.45, 2.75) is 13.0 Å². The number of carboxylic acid groups (broad SMARTS) is 1. The van der Waals surface area contributed by atoms with Crippen molar-refractivity contribution >= 4 is 24.5 Å². The van der Waals surface area contributed by atoms with Gasteiger partial charge in [-0.3, -0.25) is 4.79 Å². The highest BCUT2D eigenvalue weighted by atomic mass is 35.5. The van der Waals surface area contributed by atoms with Gasteiger partial charge in [-0.1, -0.05) is 30.3 Å². The zero-order valence-corrected chi connectivity index (χ0v) is 10.4. The van der Waals surface area contributed by atoms with Gasteiger partial charge in [-0.15, -0.1) is 12.4 Å². The van der Waals surface area contributed by atoms with E-state index in [-0.39, 0.29) is 32.0 Å². The summed E-state index contributed by atoms with van der Waals surface area (Å²) >= 11 is 0. The number of benzene rings is 1. The molecule has 0 atom stereocenters. The van der Waals surface area contributed by atoms with Crippen LogP contribution in [0.3, 0.4) is 0 Å². The Kier molecular flexibility index (Phi) is 7.50. The Labute approximate surface area is 111 Å². The highest BCUT2D eigenvalue weighted by molar-refractivity contribution is 5.85. The first-order valence-corrected chi connectivity index (χ1v) is 5.04. The van der Waals surface area contributed by atoms with E-state index in [0.29, 0.717) is 0 Å². The lowest BCUT2D eigenvalue weighted by Gasteiger charge is -2.15. The molecule has 1 rings (SSSR count). The molecule has 100 valence electrons. The zero-order chi connectivity index (χ0) is 12.7. The van der Waals surface area contributed by atoms with Crippen LogP contribution < -0.4 is 5.84 Å². The van der Waals surface area contributed by atoms with E-state index < -0.39 is 12.1 Å². The number of nitrogens with two attached hydrogens (primary N) is 1. The number of aliphatic carboxylic acids is 1. The van der Waals surface area contributed by atoms with E-state index in [9.17, 15) is 9.59 Å². The summed E-state index contributed by atoms with van der Waals surface area (Å²) in [5.74, 6) is 4.31. The summed E-state index contributed by atoms with van der Waals surface area (Å²) in [6, 6.07) is 9.13.